The SMILES string of the molecule is COc1c(F)c(F)c(C#CC2(O)CCCCC2)c(F)c1F. The van der Waals surface area contributed by atoms with Crippen LogP contribution in [-0.4, -0.2) is 17.8 Å². The monoisotopic (exact) mass is 302 g/mol. The maximum absolute atomic E-state index is 13.7. The van der Waals surface area contributed by atoms with Gasteiger partial charge in [-0.2, -0.15) is 8.78 Å². The van der Waals surface area contributed by atoms with Crippen LogP contribution in [0.5, 0.6) is 5.75 Å². The molecule has 21 heavy (non-hydrogen) atoms. The second-order valence-electron chi connectivity index (χ2n) is 5.01. The third-order valence-electron chi connectivity index (χ3n) is 3.53. The molecule has 1 aliphatic carbocycles. The molecule has 1 aliphatic rings. The third-order valence-corrected chi connectivity index (χ3v) is 3.53. The third kappa shape index (κ3) is 2.98. The number of aliphatic hydroxyl groups is 1. The number of halogens is 4. The topological polar surface area (TPSA) is 29.5 Å². The molecule has 0 spiro atoms. The molecule has 2 nitrogen and oxygen atoms in total. The van der Waals surface area contributed by atoms with Crippen molar-refractivity contribution in [1.82, 2.24) is 0 Å². The molecule has 0 aromatic heterocycles. The zero-order valence-corrected chi connectivity index (χ0v) is 11.4. The molecular formula is C15H14F4O2. The Labute approximate surface area is 119 Å². The molecule has 0 atom stereocenters. The van der Waals surface area contributed by atoms with E-state index in [9.17, 15) is 22.7 Å². The van der Waals surface area contributed by atoms with Crippen LogP contribution >= 0.6 is 0 Å². The number of rotatable bonds is 1. The van der Waals surface area contributed by atoms with Crippen LogP contribution in [0.3, 0.4) is 0 Å². The maximum atomic E-state index is 13.7. The van der Waals surface area contributed by atoms with Gasteiger partial charge < -0.3 is 9.84 Å². The second-order valence-corrected chi connectivity index (χ2v) is 5.01. The quantitative estimate of drug-likeness (QED) is 0.490. The van der Waals surface area contributed by atoms with E-state index >= 15 is 0 Å². The van der Waals surface area contributed by atoms with Gasteiger partial charge in [0.25, 0.3) is 0 Å². The van der Waals surface area contributed by atoms with Crippen molar-refractivity contribution in [3.63, 3.8) is 0 Å². The first-order chi connectivity index (χ1) is 9.89. The largest absolute Gasteiger partial charge is 0.491 e. The molecule has 1 fully saturated rings. The molecule has 2 rings (SSSR count). The van der Waals surface area contributed by atoms with Crippen molar-refractivity contribution in [2.75, 3.05) is 7.11 Å². The predicted molar refractivity (Wildman–Crippen MR) is 67.7 cm³/mol. The Morgan fingerprint density at radius 2 is 1.48 bits per heavy atom. The summed E-state index contributed by atoms with van der Waals surface area (Å²) in [4.78, 5) is 0. The summed E-state index contributed by atoms with van der Waals surface area (Å²) in [5.41, 5.74) is -2.41. The predicted octanol–water partition coefficient (Wildman–Crippen LogP) is 3.30. The molecule has 0 saturated heterocycles. The van der Waals surface area contributed by atoms with Gasteiger partial charge in [0.2, 0.25) is 11.6 Å². The molecule has 0 aliphatic heterocycles. The van der Waals surface area contributed by atoms with E-state index < -0.39 is 40.2 Å². The highest BCUT2D eigenvalue weighted by molar-refractivity contribution is 5.44. The van der Waals surface area contributed by atoms with Crippen LogP contribution in [0.15, 0.2) is 0 Å². The van der Waals surface area contributed by atoms with Crippen LogP contribution in [0, 0.1) is 35.1 Å². The molecule has 114 valence electrons. The summed E-state index contributed by atoms with van der Waals surface area (Å²) in [6, 6.07) is 0. The molecule has 0 amide bonds. The van der Waals surface area contributed by atoms with Crippen LogP contribution in [0.2, 0.25) is 0 Å². The van der Waals surface area contributed by atoms with Crippen LogP contribution in [0.25, 0.3) is 0 Å². The lowest BCUT2D eigenvalue weighted by molar-refractivity contribution is 0.0610. The van der Waals surface area contributed by atoms with E-state index in [0.29, 0.717) is 12.8 Å². The van der Waals surface area contributed by atoms with Crippen molar-refractivity contribution in [2.45, 2.75) is 37.7 Å². The van der Waals surface area contributed by atoms with E-state index in [1.165, 1.54) is 0 Å². The Morgan fingerprint density at radius 1 is 0.952 bits per heavy atom. The van der Waals surface area contributed by atoms with Crippen LogP contribution in [0.1, 0.15) is 37.7 Å². The van der Waals surface area contributed by atoms with E-state index in [4.69, 9.17) is 0 Å². The average molecular weight is 302 g/mol. The van der Waals surface area contributed by atoms with Gasteiger partial charge in [-0.25, -0.2) is 8.78 Å². The molecule has 0 unspecified atom stereocenters. The molecule has 6 heteroatoms. The Morgan fingerprint density at radius 3 is 1.95 bits per heavy atom. The lowest BCUT2D eigenvalue weighted by atomic mass is 9.85. The van der Waals surface area contributed by atoms with E-state index in [0.717, 1.165) is 26.4 Å². The van der Waals surface area contributed by atoms with Crippen LogP contribution in [-0.2, 0) is 0 Å². The van der Waals surface area contributed by atoms with Gasteiger partial charge in [-0.05, 0) is 25.7 Å². The number of benzene rings is 1. The minimum absolute atomic E-state index is 0.365. The molecule has 1 aromatic carbocycles. The average Bonchev–Trinajstić information content (AvgIpc) is 2.46. The van der Waals surface area contributed by atoms with Gasteiger partial charge >= 0.3 is 0 Å². The standard InChI is InChI=1S/C15H14F4O2/c1-21-14-12(18)10(16)9(11(17)13(14)19)5-8-15(20)6-3-2-4-7-15/h20H,2-4,6-7H2,1H3. The van der Waals surface area contributed by atoms with Crippen molar-refractivity contribution in [3.05, 3.63) is 28.8 Å². The minimum Gasteiger partial charge on any atom is -0.491 e. The summed E-state index contributed by atoms with van der Waals surface area (Å²) >= 11 is 0. The summed E-state index contributed by atoms with van der Waals surface area (Å²) in [6.45, 7) is 0. The van der Waals surface area contributed by atoms with Crippen molar-refractivity contribution < 1.29 is 27.4 Å². The minimum atomic E-state index is -1.64. The number of ether oxygens (including phenoxy) is 1. The van der Waals surface area contributed by atoms with E-state index in [1.54, 1.807) is 0 Å². The highest BCUT2D eigenvalue weighted by atomic mass is 19.2. The van der Waals surface area contributed by atoms with Gasteiger partial charge in [-0.1, -0.05) is 18.3 Å². The molecule has 1 aromatic rings. The first-order valence-corrected chi connectivity index (χ1v) is 6.55. The lowest BCUT2D eigenvalue weighted by Crippen LogP contribution is -2.29. The number of methoxy groups -OCH3 is 1. The fourth-order valence-corrected chi connectivity index (χ4v) is 2.34. The summed E-state index contributed by atoms with van der Waals surface area (Å²) in [5, 5.41) is 10.1. The highest BCUT2D eigenvalue weighted by Crippen LogP contribution is 2.30. The molecule has 0 heterocycles. The zero-order valence-electron chi connectivity index (χ0n) is 11.4. The number of hydrogen-bond acceptors (Lipinski definition) is 2. The van der Waals surface area contributed by atoms with Gasteiger partial charge in [0.1, 0.15) is 11.2 Å². The maximum Gasteiger partial charge on any atom is 0.205 e. The molecule has 0 radical (unpaired) electrons. The summed E-state index contributed by atoms with van der Waals surface area (Å²) in [5.74, 6) is -3.29. The first kappa shape index (κ1) is 15.6. The van der Waals surface area contributed by atoms with E-state index in [1.807, 2.05) is 5.92 Å². The van der Waals surface area contributed by atoms with Gasteiger partial charge in [-0.3, -0.25) is 0 Å². The Kier molecular flexibility index (Phi) is 4.43. The smallest absolute Gasteiger partial charge is 0.205 e. The zero-order chi connectivity index (χ0) is 15.6. The molecule has 0 bridgehead atoms. The van der Waals surface area contributed by atoms with Crippen molar-refractivity contribution >= 4 is 0 Å². The van der Waals surface area contributed by atoms with Crippen LogP contribution < -0.4 is 4.74 Å². The van der Waals surface area contributed by atoms with Crippen molar-refractivity contribution in [2.24, 2.45) is 0 Å². The van der Waals surface area contributed by atoms with Crippen molar-refractivity contribution in [1.29, 1.82) is 0 Å². The molecule has 1 N–H and O–H groups in total. The number of hydrogen-bond donors (Lipinski definition) is 1. The fourth-order valence-electron chi connectivity index (χ4n) is 2.34. The summed E-state index contributed by atoms with van der Waals surface area (Å²) < 4.78 is 58.8. The first-order valence-electron chi connectivity index (χ1n) is 6.55. The Bertz CT molecular complexity index is 581. The van der Waals surface area contributed by atoms with Gasteiger partial charge in [0.05, 0.1) is 7.11 Å². The van der Waals surface area contributed by atoms with Crippen LogP contribution in [0.4, 0.5) is 17.6 Å². The van der Waals surface area contributed by atoms with E-state index in [2.05, 4.69) is 10.7 Å². The van der Waals surface area contributed by atoms with Gasteiger partial charge in [0, 0.05) is 0 Å². The fraction of sp³-hybridized carbons (Fsp3) is 0.467. The Balaban J connectivity index is 2.46. The highest BCUT2D eigenvalue weighted by Gasteiger charge is 2.28. The van der Waals surface area contributed by atoms with E-state index in [-0.39, 0.29) is 0 Å². The van der Waals surface area contributed by atoms with Crippen molar-refractivity contribution in [3.8, 4) is 17.6 Å². The van der Waals surface area contributed by atoms with Gasteiger partial charge in [0.15, 0.2) is 17.4 Å². The normalized spacial score (nSPS) is 17.0. The molecular weight excluding hydrogens is 288 g/mol. The summed E-state index contributed by atoms with van der Waals surface area (Å²) in [6.07, 6.45) is 3.15. The second kappa shape index (κ2) is 5.94. The summed E-state index contributed by atoms with van der Waals surface area (Å²) in [7, 11) is 0.899. The Hall–Kier alpha value is -1.74. The molecule has 1 saturated carbocycles. The van der Waals surface area contributed by atoms with Gasteiger partial charge in [-0.15, -0.1) is 0 Å². The lowest BCUT2D eigenvalue weighted by Gasteiger charge is -2.26.